The number of benzene rings is 3. The molecule has 3 aromatic carbocycles. The first-order chi connectivity index (χ1) is 14.3. The molecule has 0 atom stereocenters. The first-order valence-corrected chi connectivity index (χ1v) is 8.97. The number of hydrogen-bond donors (Lipinski definition) is 1. The second kappa shape index (κ2) is 6.22. The molecular weight excluding hydrogens is 401 g/mol. The van der Waals surface area contributed by atoms with Gasteiger partial charge in [0.15, 0.2) is 0 Å². The van der Waals surface area contributed by atoms with E-state index < -0.39 is 39.8 Å². The maximum Gasteiger partial charge on any atom is 0.421 e. The van der Waals surface area contributed by atoms with Crippen molar-refractivity contribution in [3.05, 3.63) is 71.6 Å². The van der Waals surface area contributed by atoms with E-state index in [9.17, 15) is 22.0 Å². The fraction of sp³-hybridized carbons (Fsp3) is 0.0909. The number of aromatic nitrogens is 3. The highest BCUT2D eigenvalue weighted by Gasteiger charge is 2.39. The SMILES string of the molecule is Cc1c(F)c(C(F)(F)F)c2ncnc(-c3cc4cc5ccccc5cc4[nH]3)c2c1F. The van der Waals surface area contributed by atoms with E-state index in [1.54, 1.807) is 6.07 Å². The summed E-state index contributed by atoms with van der Waals surface area (Å²) in [5.41, 5.74) is -2.17. The van der Waals surface area contributed by atoms with Crippen molar-refractivity contribution in [2.75, 3.05) is 0 Å². The predicted octanol–water partition coefficient (Wildman–Crippen LogP) is 6.54. The van der Waals surface area contributed by atoms with Crippen LogP contribution >= 0.6 is 0 Å². The van der Waals surface area contributed by atoms with Crippen molar-refractivity contribution in [3.63, 3.8) is 0 Å². The van der Waals surface area contributed by atoms with Gasteiger partial charge in [-0.3, -0.25) is 0 Å². The molecule has 150 valence electrons. The van der Waals surface area contributed by atoms with Crippen LogP contribution in [-0.2, 0) is 6.18 Å². The quantitative estimate of drug-likeness (QED) is 0.317. The molecule has 0 fully saturated rings. The number of nitrogens with zero attached hydrogens (tertiary/aromatic N) is 2. The predicted molar refractivity (Wildman–Crippen MR) is 104 cm³/mol. The number of alkyl halides is 3. The van der Waals surface area contributed by atoms with Gasteiger partial charge in [0.2, 0.25) is 0 Å². The lowest BCUT2D eigenvalue weighted by molar-refractivity contribution is -0.138. The topological polar surface area (TPSA) is 41.6 Å². The Morgan fingerprint density at radius 1 is 0.867 bits per heavy atom. The molecule has 5 rings (SSSR count). The van der Waals surface area contributed by atoms with Gasteiger partial charge in [0.25, 0.3) is 0 Å². The summed E-state index contributed by atoms with van der Waals surface area (Å²) in [5.74, 6) is -2.78. The molecule has 2 aromatic heterocycles. The molecular formula is C22H12F5N3. The second-order valence-corrected chi connectivity index (χ2v) is 7.04. The molecule has 0 unspecified atom stereocenters. The highest BCUT2D eigenvalue weighted by Crippen LogP contribution is 2.41. The van der Waals surface area contributed by atoms with Gasteiger partial charge in [0, 0.05) is 16.5 Å². The summed E-state index contributed by atoms with van der Waals surface area (Å²) in [6.07, 6.45) is -4.16. The maximum absolute atomic E-state index is 15.0. The van der Waals surface area contributed by atoms with Crippen LogP contribution in [0.3, 0.4) is 0 Å². The van der Waals surface area contributed by atoms with Gasteiger partial charge in [-0.15, -0.1) is 0 Å². The summed E-state index contributed by atoms with van der Waals surface area (Å²) >= 11 is 0. The third-order valence-electron chi connectivity index (χ3n) is 5.21. The van der Waals surface area contributed by atoms with Crippen molar-refractivity contribution in [3.8, 4) is 11.4 Å². The lowest BCUT2D eigenvalue weighted by Gasteiger charge is -2.15. The molecule has 5 aromatic rings. The van der Waals surface area contributed by atoms with Crippen molar-refractivity contribution < 1.29 is 22.0 Å². The molecule has 1 N–H and O–H groups in total. The summed E-state index contributed by atoms with van der Waals surface area (Å²) in [6.45, 7) is 0.966. The molecule has 0 aliphatic carbocycles. The average Bonchev–Trinajstić information content (AvgIpc) is 3.11. The van der Waals surface area contributed by atoms with Gasteiger partial charge < -0.3 is 4.98 Å². The van der Waals surface area contributed by atoms with Gasteiger partial charge >= 0.3 is 6.18 Å². The van der Waals surface area contributed by atoms with E-state index >= 15 is 0 Å². The molecule has 0 saturated heterocycles. The molecule has 8 heteroatoms. The Morgan fingerprint density at radius 3 is 2.27 bits per heavy atom. The summed E-state index contributed by atoms with van der Waals surface area (Å²) in [6, 6.07) is 13.1. The van der Waals surface area contributed by atoms with Crippen LogP contribution in [0.15, 0.2) is 48.8 Å². The minimum atomic E-state index is -5.04. The van der Waals surface area contributed by atoms with Crippen LogP contribution in [0.25, 0.3) is 44.0 Å². The molecule has 0 aliphatic rings. The van der Waals surface area contributed by atoms with Crippen LogP contribution in [-0.4, -0.2) is 15.0 Å². The zero-order valence-corrected chi connectivity index (χ0v) is 15.4. The molecule has 0 spiro atoms. The molecule has 0 amide bonds. The van der Waals surface area contributed by atoms with E-state index in [0.717, 1.165) is 29.4 Å². The Hall–Kier alpha value is -3.55. The number of aromatic amines is 1. The number of nitrogens with one attached hydrogen (secondary N) is 1. The minimum absolute atomic E-state index is 0.0636. The van der Waals surface area contributed by atoms with E-state index in [1.807, 2.05) is 36.4 Å². The number of H-pyrrole nitrogens is 1. The third kappa shape index (κ3) is 2.63. The van der Waals surface area contributed by atoms with Gasteiger partial charge in [-0.25, -0.2) is 18.7 Å². The van der Waals surface area contributed by atoms with E-state index in [0.29, 0.717) is 11.2 Å². The summed E-state index contributed by atoms with van der Waals surface area (Å²) in [5, 5.41) is 2.26. The highest BCUT2D eigenvalue weighted by atomic mass is 19.4. The largest absolute Gasteiger partial charge is 0.421 e. The molecule has 0 bridgehead atoms. The van der Waals surface area contributed by atoms with E-state index in [-0.39, 0.29) is 5.69 Å². The van der Waals surface area contributed by atoms with Gasteiger partial charge in [0.1, 0.15) is 29.2 Å². The molecule has 0 saturated carbocycles. The first kappa shape index (κ1) is 18.5. The zero-order valence-electron chi connectivity index (χ0n) is 15.4. The zero-order chi connectivity index (χ0) is 21.2. The van der Waals surface area contributed by atoms with Crippen molar-refractivity contribution in [1.82, 2.24) is 15.0 Å². The molecule has 2 heterocycles. The van der Waals surface area contributed by atoms with Gasteiger partial charge in [-0.05, 0) is 35.9 Å². The van der Waals surface area contributed by atoms with Crippen molar-refractivity contribution in [2.24, 2.45) is 0 Å². The van der Waals surface area contributed by atoms with Crippen molar-refractivity contribution in [1.29, 1.82) is 0 Å². The number of fused-ring (bicyclic) bond motifs is 3. The number of halogens is 5. The minimum Gasteiger partial charge on any atom is -0.353 e. The molecule has 3 nitrogen and oxygen atoms in total. The average molecular weight is 413 g/mol. The Labute approximate surface area is 166 Å². The Morgan fingerprint density at radius 2 is 1.57 bits per heavy atom. The lowest BCUT2D eigenvalue weighted by atomic mass is 10.0. The lowest BCUT2D eigenvalue weighted by Crippen LogP contribution is -2.13. The maximum atomic E-state index is 15.0. The van der Waals surface area contributed by atoms with Crippen LogP contribution in [0.4, 0.5) is 22.0 Å². The monoisotopic (exact) mass is 413 g/mol. The van der Waals surface area contributed by atoms with E-state index in [1.165, 1.54) is 0 Å². The van der Waals surface area contributed by atoms with Gasteiger partial charge in [-0.1, -0.05) is 24.3 Å². The van der Waals surface area contributed by atoms with E-state index in [2.05, 4.69) is 15.0 Å². The normalized spacial score (nSPS) is 12.3. The molecule has 30 heavy (non-hydrogen) atoms. The molecule has 0 aliphatic heterocycles. The fourth-order valence-electron chi connectivity index (χ4n) is 3.77. The number of hydrogen-bond acceptors (Lipinski definition) is 2. The van der Waals surface area contributed by atoms with Crippen LogP contribution in [0.5, 0.6) is 0 Å². The van der Waals surface area contributed by atoms with Gasteiger partial charge in [0.05, 0.1) is 16.6 Å². The Bertz CT molecular complexity index is 1410. The van der Waals surface area contributed by atoms with Crippen LogP contribution in [0.1, 0.15) is 11.1 Å². The summed E-state index contributed by atoms with van der Waals surface area (Å²) in [7, 11) is 0. The van der Waals surface area contributed by atoms with E-state index in [4.69, 9.17) is 0 Å². The van der Waals surface area contributed by atoms with Crippen molar-refractivity contribution >= 4 is 32.6 Å². The highest BCUT2D eigenvalue weighted by molar-refractivity contribution is 6.01. The van der Waals surface area contributed by atoms with Crippen LogP contribution in [0, 0.1) is 18.6 Å². The standard InChI is InChI=1S/C22H12F5N3/c1-10-18(23)16-20(28-9-29-21(16)17(19(10)24)22(25,26)27)15-8-13-6-11-4-2-3-5-12(11)7-14(13)30-15/h2-9,30H,1H3. The first-order valence-electron chi connectivity index (χ1n) is 8.97. The Balaban J connectivity index is 1.85. The third-order valence-corrected chi connectivity index (χ3v) is 5.21. The molecule has 0 radical (unpaired) electrons. The summed E-state index contributed by atoms with van der Waals surface area (Å²) in [4.78, 5) is 10.7. The smallest absolute Gasteiger partial charge is 0.353 e. The van der Waals surface area contributed by atoms with Gasteiger partial charge in [-0.2, -0.15) is 13.2 Å². The van der Waals surface area contributed by atoms with Crippen LogP contribution < -0.4 is 0 Å². The Kier molecular flexibility index (Phi) is 3.83. The van der Waals surface area contributed by atoms with Crippen molar-refractivity contribution in [2.45, 2.75) is 13.1 Å². The van der Waals surface area contributed by atoms with Crippen LogP contribution in [0.2, 0.25) is 0 Å². The summed E-state index contributed by atoms with van der Waals surface area (Å²) < 4.78 is 69.8. The second-order valence-electron chi connectivity index (χ2n) is 7.04. The number of rotatable bonds is 1. The fourth-order valence-corrected chi connectivity index (χ4v) is 3.77.